The van der Waals surface area contributed by atoms with Gasteiger partial charge in [-0.15, -0.1) is 0 Å². The molecule has 0 unspecified atom stereocenters. The second-order valence-corrected chi connectivity index (χ2v) is 15.8. The fourth-order valence-electron chi connectivity index (χ4n) is 3.95. The van der Waals surface area contributed by atoms with Crippen LogP contribution < -0.4 is 9.47 Å². The van der Waals surface area contributed by atoms with E-state index in [1.165, 1.54) is 23.1 Å². The van der Waals surface area contributed by atoms with E-state index in [-0.39, 0.29) is 12.8 Å². The number of hydrogen-bond donors (Lipinski definition) is 0. The van der Waals surface area contributed by atoms with Gasteiger partial charge in [0, 0.05) is 44.9 Å². The van der Waals surface area contributed by atoms with Gasteiger partial charge in [-0.05, 0) is 56.9 Å². The molecule has 41 heavy (non-hydrogen) atoms. The molecule has 4 rings (SSSR count). The molecule has 2 heterocycles. The van der Waals surface area contributed by atoms with Crippen LogP contribution in [0.4, 0.5) is 5.69 Å². The van der Waals surface area contributed by atoms with E-state index >= 15 is 0 Å². The molecule has 0 fully saturated rings. The number of nitrogens with zero attached hydrogens (tertiary/aromatic N) is 3. The van der Waals surface area contributed by atoms with Crippen molar-refractivity contribution in [1.29, 1.82) is 0 Å². The number of rotatable bonds is 11. The molecule has 0 radical (unpaired) electrons. The highest BCUT2D eigenvalue weighted by Gasteiger charge is 2.28. The van der Waals surface area contributed by atoms with E-state index < -0.39 is 31.7 Å². The van der Waals surface area contributed by atoms with Gasteiger partial charge in [0.25, 0.3) is 5.01 Å². The van der Waals surface area contributed by atoms with Crippen LogP contribution >= 0.6 is 50.6 Å². The van der Waals surface area contributed by atoms with Gasteiger partial charge in [-0.2, -0.15) is 4.57 Å². The predicted molar refractivity (Wildman–Crippen MR) is 170 cm³/mol. The summed E-state index contributed by atoms with van der Waals surface area (Å²) < 4.78 is 70.6. The monoisotopic (exact) mass is 724 g/mol. The van der Waals surface area contributed by atoms with Crippen molar-refractivity contribution < 1.29 is 30.5 Å². The lowest BCUT2D eigenvalue weighted by Crippen LogP contribution is -2.36. The van der Waals surface area contributed by atoms with Gasteiger partial charge >= 0.3 is 0 Å². The Hall–Kier alpha value is -1.23. The Morgan fingerprint density at radius 1 is 1.02 bits per heavy atom. The highest BCUT2D eigenvalue weighted by molar-refractivity contribution is 9.10. The number of halogens is 2. The molecule has 0 saturated heterocycles. The molecule has 1 aliphatic rings. The minimum Gasteiger partial charge on any atom is -0.748 e. The van der Waals surface area contributed by atoms with E-state index in [0.717, 1.165) is 48.4 Å². The van der Waals surface area contributed by atoms with Gasteiger partial charge in [0.05, 0.1) is 37.0 Å². The SMILES string of the molecule is CCN(C)CC.O=S(=O)([O-])CCCN1C(=Cc2sc3ccc(Br)cc3[n+]2CCCS(=O)(=O)[O-])Sc2ccc(Cl)cc21. The number of thiazole rings is 1. The average Bonchev–Trinajstić information content (AvgIpc) is 3.39. The Balaban J connectivity index is 0.000000696. The minimum absolute atomic E-state index is 0.149. The zero-order chi connectivity index (χ0) is 30.4. The van der Waals surface area contributed by atoms with Crippen LogP contribution in [0.15, 0.2) is 50.8 Å². The summed E-state index contributed by atoms with van der Waals surface area (Å²) in [6, 6.07) is 11.3. The molecule has 0 spiro atoms. The van der Waals surface area contributed by atoms with Crippen LogP contribution in [-0.4, -0.2) is 69.0 Å². The Kier molecular flexibility index (Phi) is 12.5. The quantitative estimate of drug-likeness (QED) is 0.190. The Labute approximate surface area is 263 Å². The number of thioether (sulfide) groups is 1. The fraction of sp³-hybridized carbons (Fsp3) is 0.423. The van der Waals surface area contributed by atoms with E-state index in [4.69, 9.17) is 11.6 Å². The van der Waals surface area contributed by atoms with Crippen molar-refractivity contribution in [2.24, 2.45) is 0 Å². The highest BCUT2D eigenvalue weighted by Crippen LogP contribution is 2.48. The summed E-state index contributed by atoms with van der Waals surface area (Å²) >= 11 is 12.7. The maximum absolute atomic E-state index is 11.1. The molecule has 0 bridgehead atoms. The van der Waals surface area contributed by atoms with Crippen LogP contribution in [0.3, 0.4) is 0 Å². The summed E-state index contributed by atoms with van der Waals surface area (Å²) in [5, 5.41) is 2.19. The first-order valence-corrected chi connectivity index (χ1v) is 18.8. The molecule has 3 aromatic rings. The van der Waals surface area contributed by atoms with Crippen molar-refractivity contribution in [1.82, 2.24) is 4.90 Å². The maximum atomic E-state index is 11.1. The average molecular weight is 726 g/mol. The smallest absolute Gasteiger partial charge is 0.265 e. The van der Waals surface area contributed by atoms with Crippen molar-refractivity contribution >= 4 is 92.8 Å². The highest BCUT2D eigenvalue weighted by atomic mass is 79.9. The lowest BCUT2D eigenvalue weighted by Gasteiger charge is -2.20. The summed E-state index contributed by atoms with van der Waals surface area (Å²) in [5.41, 5.74) is 1.72. The third-order valence-electron chi connectivity index (χ3n) is 6.26. The van der Waals surface area contributed by atoms with Gasteiger partial charge in [-0.1, -0.05) is 64.5 Å². The zero-order valence-corrected chi connectivity index (χ0v) is 28.5. The lowest BCUT2D eigenvalue weighted by molar-refractivity contribution is -0.668. The standard InChI is InChI=1S/C21H20BrClN2O6S4.C5H13N/c22-14-3-5-18-16(11-14)24(7-1-9-34(26,27)28)20(32-18)13-21-25(8-2-10-35(29,30)31)17-12-15(23)4-6-19(17)33-21;1-4-6(3)5-2/h3-6,11-13H,1-2,7-10H2,(H-,26,27,28,29,30,31);4-5H2,1-3H3/p-1. The maximum Gasteiger partial charge on any atom is 0.265 e. The zero-order valence-electron chi connectivity index (χ0n) is 22.9. The second-order valence-electron chi connectivity index (χ2n) is 9.27. The van der Waals surface area contributed by atoms with Crippen LogP contribution in [-0.2, 0) is 26.8 Å². The predicted octanol–water partition coefficient (Wildman–Crippen LogP) is 5.34. The number of anilines is 1. The van der Waals surface area contributed by atoms with Crippen LogP contribution in [0.1, 0.15) is 31.7 Å². The molecular formula is C26H32BrClN3O6S4-. The van der Waals surface area contributed by atoms with Crippen LogP contribution in [0, 0.1) is 0 Å². The molecule has 1 aromatic heterocycles. The normalized spacial score (nSPS) is 14.5. The molecular weight excluding hydrogens is 694 g/mol. The van der Waals surface area contributed by atoms with E-state index in [1.54, 1.807) is 12.1 Å². The topological polar surface area (TPSA) is 125 Å². The molecule has 0 N–H and O–H groups in total. The summed E-state index contributed by atoms with van der Waals surface area (Å²) in [6.07, 6.45) is 2.27. The first-order valence-electron chi connectivity index (χ1n) is 12.8. The van der Waals surface area contributed by atoms with Crippen molar-refractivity contribution in [3.05, 3.63) is 55.9 Å². The number of fused-ring (bicyclic) bond motifs is 2. The number of aromatic nitrogens is 1. The van der Waals surface area contributed by atoms with Crippen LogP contribution in [0.2, 0.25) is 5.02 Å². The van der Waals surface area contributed by atoms with Gasteiger partial charge < -0.3 is 18.9 Å². The number of aryl methyl sites for hydroxylation is 1. The molecule has 0 aliphatic carbocycles. The second kappa shape index (κ2) is 15.0. The van der Waals surface area contributed by atoms with E-state index in [2.05, 4.69) is 41.7 Å². The summed E-state index contributed by atoms with van der Waals surface area (Å²) in [4.78, 5) is 5.13. The largest absolute Gasteiger partial charge is 0.748 e. The van der Waals surface area contributed by atoms with E-state index in [9.17, 15) is 25.9 Å². The van der Waals surface area contributed by atoms with Crippen molar-refractivity contribution in [3.8, 4) is 0 Å². The molecule has 15 heteroatoms. The first-order chi connectivity index (χ1) is 19.2. The lowest BCUT2D eigenvalue weighted by atomic mass is 10.2. The van der Waals surface area contributed by atoms with Gasteiger partial charge in [0.15, 0.2) is 6.54 Å². The summed E-state index contributed by atoms with van der Waals surface area (Å²) in [5.74, 6) is -0.937. The third kappa shape index (κ3) is 10.5. The summed E-state index contributed by atoms with van der Waals surface area (Å²) in [6.45, 7) is 7.27. The molecule has 0 atom stereocenters. The minimum atomic E-state index is -4.34. The Morgan fingerprint density at radius 2 is 1.68 bits per heavy atom. The van der Waals surface area contributed by atoms with Gasteiger partial charge in [0.2, 0.25) is 5.52 Å². The Morgan fingerprint density at radius 3 is 2.29 bits per heavy atom. The van der Waals surface area contributed by atoms with E-state index in [0.29, 0.717) is 18.1 Å². The molecule has 9 nitrogen and oxygen atoms in total. The van der Waals surface area contributed by atoms with Crippen molar-refractivity contribution in [2.75, 3.05) is 43.1 Å². The molecule has 1 aliphatic heterocycles. The van der Waals surface area contributed by atoms with Gasteiger partial charge in [0.1, 0.15) is 4.70 Å². The number of benzene rings is 2. The van der Waals surface area contributed by atoms with E-state index in [1.807, 2.05) is 39.8 Å². The van der Waals surface area contributed by atoms with Crippen molar-refractivity contribution in [2.45, 2.75) is 38.1 Å². The molecule has 2 aromatic carbocycles. The third-order valence-corrected chi connectivity index (χ3v) is 10.8. The van der Waals surface area contributed by atoms with Gasteiger partial charge in [-0.25, -0.2) is 16.8 Å². The summed E-state index contributed by atoms with van der Waals surface area (Å²) in [7, 11) is -6.56. The molecule has 0 amide bonds. The number of hydrogen-bond acceptors (Lipinski definition) is 10. The first kappa shape index (κ1) is 34.3. The Bertz CT molecular complexity index is 1610. The van der Waals surface area contributed by atoms with Crippen molar-refractivity contribution in [3.63, 3.8) is 0 Å². The molecule has 226 valence electrons. The fourth-order valence-corrected chi connectivity index (χ4v) is 7.72. The van der Waals surface area contributed by atoms with Gasteiger partial charge in [-0.3, -0.25) is 0 Å². The molecule has 0 saturated carbocycles. The van der Waals surface area contributed by atoms with Crippen LogP contribution in [0.25, 0.3) is 16.3 Å². The van der Waals surface area contributed by atoms with Crippen LogP contribution in [0.5, 0.6) is 0 Å².